The second-order valence-electron chi connectivity index (χ2n) is 12.2. The molecular formula is C31H30N5+. The van der Waals surface area contributed by atoms with E-state index in [4.69, 9.17) is 5.10 Å². The van der Waals surface area contributed by atoms with Gasteiger partial charge in [0, 0.05) is 23.6 Å². The average molecular weight is 473 g/mol. The Hall–Kier alpha value is -3.44. The van der Waals surface area contributed by atoms with E-state index < -0.39 is 0 Å². The third-order valence-corrected chi connectivity index (χ3v) is 10.7. The number of fused-ring (bicyclic) bond motifs is 7. The molecule has 4 aromatic rings. The van der Waals surface area contributed by atoms with Crippen LogP contribution in [0.25, 0.3) is 11.4 Å². The first-order valence-corrected chi connectivity index (χ1v) is 13.4. The Labute approximate surface area is 211 Å². The highest BCUT2D eigenvalue weighted by molar-refractivity contribution is 5.79. The van der Waals surface area contributed by atoms with Crippen molar-refractivity contribution in [3.05, 3.63) is 95.3 Å². The summed E-state index contributed by atoms with van der Waals surface area (Å²) in [6.07, 6.45) is 5.70. The minimum atomic E-state index is 0.210. The van der Waals surface area contributed by atoms with Crippen LogP contribution in [-0.2, 0) is 18.4 Å². The molecule has 0 saturated carbocycles. The number of benzene rings is 3. The maximum atomic E-state index is 4.70. The molecule has 0 radical (unpaired) electrons. The van der Waals surface area contributed by atoms with Crippen LogP contribution in [0, 0.1) is 5.41 Å². The largest absolute Gasteiger partial charge is 0.312 e. The molecule has 178 valence electrons. The molecule has 5 unspecified atom stereocenters. The SMILES string of the molecule is CC12Cc3cccc(c31)CN1c3ccccc3[N+]3(C)CC2(CCC2c4ccccc4-c4ncnn42)C13. The van der Waals surface area contributed by atoms with Gasteiger partial charge in [0.15, 0.2) is 17.7 Å². The Bertz CT molecular complexity index is 1600. The van der Waals surface area contributed by atoms with Gasteiger partial charge in [-0.05, 0) is 47.6 Å². The molecule has 0 spiro atoms. The second-order valence-corrected chi connectivity index (χ2v) is 12.2. The van der Waals surface area contributed by atoms with Crippen molar-refractivity contribution in [1.82, 2.24) is 19.2 Å². The molecule has 1 fully saturated rings. The number of hydrogen-bond acceptors (Lipinski definition) is 3. The maximum absolute atomic E-state index is 4.70. The normalized spacial score (nSPS) is 33.4. The van der Waals surface area contributed by atoms with Crippen LogP contribution in [0.15, 0.2) is 73.1 Å². The molecule has 36 heavy (non-hydrogen) atoms. The fourth-order valence-electron chi connectivity index (χ4n) is 9.47. The van der Waals surface area contributed by atoms with E-state index in [1.807, 2.05) is 0 Å². The molecule has 9 rings (SSSR count). The Morgan fingerprint density at radius 1 is 1.00 bits per heavy atom. The van der Waals surface area contributed by atoms with Crippen LogP contribution in [0.1, 0.15) is 48.1 Å². The molecule has 0 amide bonds. The zero-order valence-corrected chi connectivity index (χ0v) is 20.9. The summed E-state index contributed by atoms with van der Waals surface area (Å²) >= 11 is 0. The van der Waals surface area contributed by atoms with Gasteiger partial charge in [-0.2, -0.15) is 5.10 Å². The minimum Gasteiger partial charge on any atom is -0.312 e. The number of rotatable bonds is 3. The summed E-state index contributed by atoms with van der Waals surface area (Å²) in [5, 5.41) is 4.70. The van der Waals surface area contributed by atoms with Gasteiger partial charge in [0.2, 0.25) is 0 Å². The molecule has 5 atom stereocenters. The van der Waals surface area contributed by atoms with Crippen LogP contribution < -0.4 is 9.38 Å². The number of para-hydroxylation sites is 2. The molecule has 1 aliphatic carbocycles. The van der Waals surface area contributed by atoms with Gasteiger partial charge in [0.05, 0.1) is 19.6 Å². The van der Waals surface area contributed by atoms with Crippen LogP contribution in [0.2, 0.25) is 0 Å². The Morgan fingerprint density at radius 2 is 1.83 bits per heavy atom. The number of quaternary nitrogens is 1. The molecule has 5 nitrogen and oxygen atoms in total. The van der Waals surface area contributed by atoms with Crippen molar-refractivity contribution < 1.29 is 0 Å². The Balaban J connectivity index is 1.19. The molecule has 1 aromatic heterocycles. The molecule has 0 N–H and O–H groups in total. The van der Waals surface area contributed by atoms with E-state index in [1.165, 1.54) is 41.9 Å². The van der Waals surface area contributed by atoms with Gasteiger partial charge >= 0.3 is 0 Å². The van der Waals surface area contributed by atoms with Crippen molar-refractivity contribution >= 4 is 11.4 Å². The van der Waals surface area contributed by atoms with E-state index in [0.29, 0.717) is 6.17 Å². The monoisotopic (exact) mass is 472 g/mol. The lowest BCUT2D eigenvalue weighted by Crippen LogP contribution is -2.83. The fourth-order valence-corrected chi connectivity index (χ4v) is 9.47. The molecular weight excluding hydrogens is 442 g/mol. The van der Waals surface area contributed by atoms with Gasteiger partial charge in [-0.3, -0.25) is 4.48 Å². The molecule has 0 bridgehead atoms. The van der Waals surface area contributed by atoms with Crippen LogP contribution in [0.5, 0.6) is 0 Å². The predicted octanol–water partition coefficient (Wildman–Crippen LogP) is 5.44. The van der Waals surface area contributed by atoms with Crippen molar-refractivity contribution in [2.75, 3.05) is 18.5 Å². The van der Waals surface area contributed by atoms with E-state index in [9.17, 15) is 0 Å². The lowest BCUT2D eigenvalue weighted by molar-refractivity contribution is -0.108. The van der Waals surface area contributed by atoms with Gasteiger partial charge in [0.25, 0.3) is 0 Å². The lowest BCUT2D eigenvalue weighted by atomic mass is 9.45. The zero-order chi connectivity index (χ0) is 23.9. The first kappa shape index (κ1) is 19.7. The molecule has 3 aromatic carbocycles. The van der Waals surface area contributed by atoms with Gasteiger partial charge in [-0.25, -0.2) is 9.67 Å². The van der Waals surface area contributed by atoms with Crippen LogP contribution in [0.3, 0.4) is 0 Å². The summed E-state index contributed by atoms with van der Waals surface area (Å²) in [6.45, 7) is 4.82. The van der Waals surface area contributed by atoms with Gasteiger partial charge in [0.1, 0.15) is 17.4 Å². The van der Waals surface area contributed by atoms with E-state index in [1.54, 1.807) is 23.0 Å². The number of hydrogen-bond donors (Lipinski definition) is 0. The van der Waals surface area contributed by atoms with Crippen molar-refractivity contribution in [1.29, 1.82) is 0 Å². The van der Waals surface area contributed by atoms with Crippen LogP contribution in [-0.4, -0.2) is 34.5 Å². The standard InChI is InChI=1S/C31H30N5/c1-30-16-20-8-7-9-21(27(20)30)17-34-25-12-5-6-13-26(25)36(2)18-31(30,29(34)36)15-14-24-22-10-3-4-11-23(22)28-32-19-33-35(24)28/h3-13,19,24,29H,14-18H2,1-2H3/q+1. The first-order valence-electron chi connectivity index (χ1n) is 13.4. The van der Waals surface area contributed by atoms with E-state index in [-0.39, 0.29) is 16.9 Å². The fraction of sp³-hybridized carbons (Fsp3) is 0.355. The highest BCUT2D eigenvalue weighted by Crippen LogP contribution is 2.70. The van der Waals surface area contributed by atoms with E-state index in [2.05, 4.69) is 95.3 Å². The van der Waals surface area contributed by atoms with Crippen LogP contribution >= 0.6 is 0 Å². The first-order chi connectivity index (χ1) is 17.6. The lowest BCUT2D eigenvalue weighted by Gasteiger charge is -2.67. The number of anilines is 1. The molecule has 5 aliphatic rings. The van der Waals surface area contributed by atoms with Gasteiger partial charge in [-0.1, -0.05) is 61.5 Å². The molecule has 5 heteroatoms. The van der Waals surface area contributed by atoms with Crippen LogP contribution in [0.4, 0.5) is 11.4 Å². The Morgan fingerprint density at radius 3 is 2.78 bits per heavy atom. The topological polar surface area (TPSA) is 34.0 Å². The highest BCUT2D eigenvalue weighted by atomic mass is 15.6. The third kappa shape index (κ3) is 1.97. The summed E-state index contributed by atoms with van der Waals surface area (Å²) in [5.41, 5.74) is 10.8. The summed E-state index contributed by atoms with van der Waals surface area (Å²) in [6, 6.07) is 25.3. The van der Waals surface area contributed by atoms with Crippen molar-refractivity contribution in [3.8, 4) is 11.4 Å². The molecule has 1 saturated heterocycles. The maximum Gasteiger partial charge on any atom is 0.181 e. The number of aromatic nitrogens is 3. The van der Waals surface area contributed by atoms with Crippen molar-refractivity contribution in [3.63, 3.8) is 0 Å². The molecule has 5 heterocycles. The smallest absolute Gasteiger partial charge is 0.181 e. The Kier molecular flexibility index (Phi) is 3.34. The van der Waals surface area contributed by atoms with E-state index in [0.717, 1.165) is 23.3 Å². The quantitative estimate of drug-likeness (QED) is 0.373. The molecule has 4 aliphatic heterocycles. The minimum absolute atomic E-state index is 0.210. The number of nitrogens with zero attached hydrogens (tertiary/aromatic N) is 5. The van der Waals surface area contributed by atoms with Gasteiger partial charge < -0.3 is 4.90 Å². The predicted molar refractivity (Wildman–Crippen MR) is 142 cm³/mol. The third-order valence-electron chi connectivity index (χ3n) is 10.7. The van der Waals surface area contributed by atoms with E-state index >= 15 is 0 Å². The zero-order valence-electron chi connectivity index (χ0n) is 20.9. The summed E-state index contributed by atoms with van der Waals surface area (Å²) in [4.78, 5) is 7.40. The summed E-state index contributed by atoms with van der Waals surface area (Å²) in [5.74, 6) is 1.03. The highest BCUT2D eigenvalue weighted by Gasteiger charge is 2.78. The van der Waals surface area contributed by atoms with Crippen molar-refractivity contribution in [2.45, 2.75) is 50.4 Å². The average Bonchev–Trinajstić information content (AvgIpc) is 3.49. The van der Waals surface area contributed by atoms with Crippen molar-refractivity contribution in [2.24, 2.45) is 5.41 Å². The summed E-state index contributed by atoms with van der Waals surface area (Å²) < 4.78 is 3.24. The second kappa shape index (κ2) is 6.09. The van der Waals surface area contributed by atoms with Gasteiger partial charge in [-0.15, -0.1) is 0 Å². The summed E-state index contributed by atoms with van der Waals surface area (Å²) in [7, 11) is 2.49.